The van der Waals surface area contributed by atoms with Gasteiger partial charge in [0, 0.05) is 39.8 Å². The average molecular weight is 710 g/mol. The van der Waals surface area contributed by atoms with Gasteiger partial charge in [-0.15, -0.1) is 0 Å². The highest BCUT2D eigenvalue weighted by Crippen LogP contribution is 2.36. The second-order valence-corrected chi connectivity index (χ2v) is 12.7. The first-order chi connectivity index (χ1) is 23.5. The summed E-state index contributed by atoms with van der Waals surface area (Å²) in [4.78, 5) is 25.4. The van der Waals surface area contributed by atoms with E-state index >= 15 is 0 Å². The molecule has 0 aromatic rings. The highest BCUT2D eigenvalue weighted by atomic mass is 16.8. The van der Waals surface area contributed by atoms with Gasteiger partial charge in [-0.2, -0.15) is 0 Å². The van der Waals surface area contributed by atoms with Crippen LogP contribution in [0.5, 0.6) is 0 Å². The molecule has 6 unspecified atom stereocenters. The van der Waals surface area contributed by atoms with Crippen molar-refractivity contribution in [2.24, 2.45) is 0 Å². The second kappa shape index (κ2) is 23.1. The fraction of sp³-hybridized carbons (Fsp3) is 0.941. The maximum absolute atomic E-state index is 13.4. The number of carbonyl (C=O) groups is 2. The van der Waals surface area contributed by atoms with Crippen molar-refractivity contribution in [2.45, 2.75) is 159 Å². The lowest BCUT2D eigenvalue weighted by atomic mass is 9.88. The van der Waals surface area contributed by atoms with Gasteiger partial charge in [-0.1, -0.05) is 53.4 Å². The quantitative estimate of drug-likeness (QED) is 0.0710. The Bertz CT molecular complexity index is 929. The molecule has 0 radical (unpaired) electrons. The Kier molecular flexibility index (Phi) is 20.6. The van der Waals surface area contributed by atoms with Crippen LogP contribution in [0.25, 0.3) is 0 Å². The minimum atomic E-state index is -2.31. The summed E-state index contributed by atoms with van der Waals surface area (Å²) in [6.07, 6.45) is -4.09. The van der Waals surface area contributed by atoms with E-state index in [1.54, 1.807) is 0 Å². The van der Waals surface area contributed by atoms with E-state index in [1.165, 1.54) is 6.92 Å². The zero-order valence-electron chi connectivity index (χ0n) is 30.3. The summed E-state index contributed by atoms with van der Waals surface area (Å²) < 4.78 is 49.3. The number of hydrogen-bond donors (Lipinski definition) is 5. The highest BCUT2D eigenvalue weighted by Gasteiger charge is 2.57. The summed E-state index contributed by atoms with van der Waals surface area (Å²) in [5.74, 6) is -3.90. The molecule has 15 nitrogen and oxygen atoms in total. The molecule has 288 valence electrons. The monoisotopic (exact) mass is 709 g/mol. The molecular formula is C34H63NO14. The Morgan fingerprint density at radius 1 is 0.857 bits per heavy atom. The Balaban J connectivity index is 2.52. The maximum Gasteiger partial charge on any atom is 0.366 e. The van der Waals surface area contributed by atoms with Gasteiger partial charge in [-0.05, 0) is 25.7 Å². The Morgan fingerprint density at radius 2 is 1.39 bits per heavy atom. The Hall–Kier alpha value is -1.50. The van der Waals surface area contributed by atoms with E-state index < -0.39 is 91.9 Å². The van der Waals surface area contributed by atoms with E-state index in [1.807, 2.05) is 6.92 Å². The smallest absolute Gasteiger partial charge is 0.366 e. The van der Waals surface area contributed by atoms with Crippen LogP contribution in [-0.4, -0.2) is 146 Å². The molecule has 0 spiro atoms. The van der Waals surface area contributed by atoms with Crippen molar-refractivity contribution >= 4 is 11.9 Å². The minimum Gasteiger partial charge on any atom is -0.465 e. The van der Waals surface area contributed by atoms with Gasteiger partial charge in [0.15, 0.2) is 6.29 Å². The van der Waals surface area contributed by atoms with E-state index in [0.29, 0.717) is 26.4 Å². The summed E-state index contributed by atoms with van der Waals surface area (Å²) in [6.45, 7) is 9.94. The molecule has 2 saturated heterocycles. The number of ether oxygens (including phenoxy) is 8. The molecule has 0 bridgehead atoms. The molecule has 5 N–H and O–H groups in total. The van der Waals surface area contributed by atoms with Crippen molar-refractivity contribution in [3.63, 3.8) is 0 Å². The third-order valence-electron chi connectivity index (χ3n) is 8.63. The molecule has 2 rings (SSSR count). The van der Waals surface area contributed by atoms with Crippen LogP contribution < -0.4 is 5.32 Å². The molecule has 49 heavy (non-hydrogen) atoms. The predicted octanol–water partition coefficient (Wildman–Crippen LogP) is 1.34. The van der Waals surface area contributed by atoms with Crippen LogP contribution in [0.3, 0.4) is 0 Å². The molecule has 11 atom stereocenters. The van der Waals surface area contributed by atoms with E-state index in [0.717, 1.165) is 58.5 Å². The maximum atomic E-state index is 13.4. The number of unbranched alkanes of at least 4 members (excludes halogenated alkanes) is 4. The first kappa shape index (κ1) is 43.7. The third kappa shape index (κ3) is 12.9. The number of amides is 1. The highest BCUT2D eigenvalue weighted by molar-refractivity contribution is 5.78. The molecule has 2 aliphatic rings. The van der Waals surface area contributed by atoms with Crippen molar-refractivity contribution in [1.82, 2.24) is 5.32 Å². The molecule has 0 saturated carbocycles. The molecule has 2 fully saturated rings. The largest absolute Gasteiger partial charge is 0.465 e. The number of hydrogen-bond acceptors (Lipinski definition) is 14. The number of nitrogens with one attached hydrogen (secondary N) is 1. The van der Waals surface area contributed by atoms with Gasteiger partial charge >= 0.3 is 5.97 Å². The van der Waals surface area contributed by atoms with E-state index in [4.69, 9.17) is 37.9 Å². The van der Waals surface area contributed by atoms with Crippen LogP contribution in [0.2, 0.25) is 0 Å². The van der Waals surface area contributed by atoms with Gasteiger partial charge in [0.2, 0.25) is 5.91 Å². The molecule has 0 aromatic carbocycles. The van der Waals surface area contributed by atoms with Crippen molar-refractivity contribution in [1.29, 1.82) is 0 Å². The minimum absolute atomic E-state index is 0.336. The molecule has 0 aliphatic carbocycles. The lowest BCUT2D eigenvalue weighted by Crippen LogP contribution is -2.68. The lowest BCUT2D eigenvalue weighted by molar-refractivity contribution is -0.348. The van der Waals surface area contributed by atoms with Crippen LogP contribution in [-0.2, 0) is 47.5 Å². The number of aliphatic hydroxyl groups is 4. The summed E-state index contributed by atoms with van der Waals surface area (Å²) in [5.41, 5.74) is 0. The lowest BCUT2D eigenvalue weighted by Gasteiger charge is -2.49. The third-order valence-corrected chi connectivity index (χ3v) is 8.63. The van der Waals surface area contributed by atoms with Crippen molar-refractivity contribution in [3.05, 3.63) is 0 Å². The van der Waals surface area contributed by atoms with Crippen LogP contribution in [0.15, 0.2) is 0 Å². The number of aliphatic hydroxyl groups excluding tert-OH is 4. The first-order valence-electron chi connectivity index (χ1n) is 18.0. The number of carbonyl (C=O) groups excluding carboxylic acids is 2. The zero-order chi connectivity index (χ0) is 36.4. The average Bonchev–Trinajstić information content (AvgIpc) is 3.09. The van der Waals surface area contributed by atoms with E-state index in [9.17, 15) is 30.0 Å². The molecule has 15 heteroatoms. The summed E-state index contributed by atoms with van der Waals surface area (Å²) in [5, 5.41) is 44.4. The van der Waals surface area contributed by atoms with Gasteiger partial charge in [-0.25, -0.2) is 4.79 Å². The van der Waals surface area contributed by atoms with E-state index in [2.05, 4.69) is 26.1 Å². The number of methoxy groups -OCH3 is 1. The van der Waals surface area contributed by atoms with Gasteiger partial charge in [0.25, 0.3) is 5.79 Å². The van der Waals surface area contributed by atoms with Crippen LogP contribution in [0.4, 0.5) is 0 Å². The standard InChI is InChI=1S/C34H63NO14/c1-7-11-15-43-28-25(48-32(46-18-14-10-4)31(45-17-13-9-3)30(28)44-16-12-8-2)21-47-34(33(41)42-6)19-23(38)26(35-22(5)37)29(49-34)27(40)24(39)20-36/h23-32,36,38-40H,7-21H2,1-6H3,(H,35,37)/t23?,24-,25?,26?,27-,28-,29?,30+,31?,32-,34?/m1/s1. The first-order valence-corrected chi connectivity index (χ1v) is 18.0. The molecule has 2 heterocycles. The molecule has 2 aliphatic heterocycles. The van der Waals surface area contributed by atoms with Gasteiger partial charge in [0.05, 0.1) is 32.5 Å². The van der Waals surface area contributed by atoms with Crippen molar-refractivity contribution in [2.75, 3.05) is 46.8 Å². The topological polar surface area (TPSA) is 201 Å². The van der Waals surface area contributed by atoms with Crippen molar-refractivity contribution < 1.29 is 67.9 Å². The predicted molar refractivity (Wildman–Crippen MR) is 176 cm³/mol. The molecule has 1 amide bonds. The summed E-state index contributed by atoms with van der Waals surface area (Å²) >= 11 is 0. The SMILES string of the molecule is CCCCOC1[C@H](OCCCC)OC(COC2(C(=O)OC)CC(O)C(NC(C)=O)C([C@H](O)[C@H](O)CO)O2)[C@@H](OCCCC)[C@@H]1OCCCC. The molecule has 0 aromatic heterocycles. The number of rotatable bonds is 24. The Morgan fingerprint density at radius 3 is 1.90 bits per heavy atom. The van der Waals surface area contributed by atoms with Gasteiger partial charge in [0.1, 0.15) is 42.7 Å². The van der Waals surface area contributed by atoms with Crippen LogP contribution >= 0.6 is 0 Å². The normalized spacial score (nSPS) is 31.6. The second-order valence-electron chi connectivity index (χ2n) is 12.7. The fourth-order valence-electron chi connectivity index (χ4n) is 5.79. The van der Waals surface area contributed by atoms with Gasteiger partial charge < -0.3 is 63.6 Å². The van der Waals surface area contributed by atoms with Crippen LogP contribution in [0, 0.1) is 0 Å². The fourth-order valence-corrected chi connectivity index (χ4v) is 5.79. The van der Waals surface area contributed by atoms with Gasteiger partial charge in [-0.3, -0.25) is 4.79 Å². The van der Waals surface area contributed by atoms with E-state index in [-0.39, 0.29) is 6.61 Å². The Labute approximate surface area is 291 Å². The summed E-state index contributed by atoms with van der Waals surface area (Å²) in [6, 6.07) is -1.26. The summed E-state index contributed by atoms with van der Waals surface area (Å²) in [7, 11) is 1.11. The van der Waals surface area contributed by atoms with Crippen LogP contribution in [0.1, 0.15) is 92.4 Å². The van der Waals surface area contributed by atoms with Crippen molar-refractivity contribution in [3.8, 4) is 0 Å². The number of esters is 1. The molecular weight excluding hydrogens is 646 g/mol. The zero-order valence-corrected chi connectivity index (χ0v) is 30.3.